The fourth-order valence-electron chi connectivity index (χ4n) is 2.48. The number of nitro benzene ring substituents is 1. The van der Waals surface area contributed by atoms with Gasteiger partial charge in [-0.3, -0.25) is 24.6 Å². The van der Waals surface area contributed by atoms with E-state index in [2.05, 4.69) is 0 Å². The summed E-state index contributed by atoms with van der Waals surface area (Å²) in [4.78, 5) is 36.6. The van der Waals surface area contributed by atoms with Gasteiger partial charge in [0.25, 0.3) is 16.8 Å². The lowest BCUT2D eigenvalue weighted by atomic mass is 10.1. The highest BCUT2D eigenvalue weighted by atomic mass is 32.2. The first kappa shape index (κ1) is 17.7. The standard InChI is InChI=1S/C18H14N2O5S/c1-25-14-8-6-12(7-9-14)10-16-17(21)19(18(22)26-16)11-13-4-2-3-5-15(13)20(23)24/h2-10H,11H2,1H3/b16-10+. The molecule has 8 heteroatoms. The van der Waals surface area contributed by atoms with Crippen molar-refractivity contribution in [1.82, 2.24) is 4.90 Å². The first-order chi connectivity index (χ1) is 12.5. The molecule has 0 aromatic heterocycles. The summed E-state index contributed by atoms with van der Waals surface area (Å²) >= 11 is 0.818. The molecule has 2 aromatic rings. The van der Waals surface area contributed by atoms with Gasteiger partial charge in [0.2, 0.25) is 0 Å². The number of methoxy groups -OCH3 is 1. The average Bonchev–Trinajstić information content (AvgIpc) is 2.90. The van der Waals surface area contributed by atoms with Crippen molar-refractivity contribution >= 4 is 34.7 Å². The maximum atomic E-state index is 12.6. The molecule has 0 aliphatic carbocycles. The number of amides is 2. The third kappa shape index (κ3) is 3.60. The van der Waals surface area contributed by atoms with Crippen LogP contribution in [0.1, 0.15) is 11.1 Å². The molecule has 7 nitrogen and oxygen atoms in total. The quantitative estimate of drug-likeness (QED) is 0.451. The topological polar surface area (TPSA) is 89.8 Å². The lowest BCUT2D eigenvalue weighted by Crippen LogP contribution is -2.27. The number of benzene rings is 2. The molecular formula is C18H14N2O5S. The van der Waals surface area contributed by atoms with Crippen molar-refractivity contribution in [2.24, 2.45) is 0 Å². The highest BCUT2D eigenvalue weighted by Crippen LogP contribution is 2.34. The van der Waals surface area contributed by atoms with Crippen molar-refractivity contribution in [3.8, 4) is 5.75 Å². The molecule has 0 N–H and O–H groups in total. The number of hydrogen-bond donors (Lipinski definition) is 0. The van der Waals surface area contributed by atoms with Crippen molar-refractivity contribution in [3.05, 3.63) is 74.7 Å². The normalized spacial score (nSPS) is 15.6. The summed E-state index contributed by atoms with van der Waals surface area (Å²) in [5, 5.41) is 10.7. The van der Waals surface area contributed by atoms with Crippen LogP contribution in [0.3, 0.4) is 0 Å². The van der Waals surface area contributed by atoms with Crippen molar-refractivity contribution in [3.63, 3.8) is 0 Å². The summed E-state index contributed by atoms with van der Waals surface area (Å²) < 4.78 is 5.08. The Bertz CT molecular complexity index is 908. The van der Waals surface area contributed by atoms with Crippen LogP contribution in [-0.4, -0.2) is 28.1 Å². The van der Waals surface area contributed by atoms with E-state index in [-0.39, 0.29) is 17.1 Å². The van der Waals surface area contributed by atoms with Crippen LogP contribution >= 0.6 is 11.8 Å². The molecule has 1 aliphatic rings. The van der Waals surface area contributed by atoms with E-state index in [9.17, 15) is 19.7 Å². The predicted octanol–water partition coefficient (Wildman–Crippen LogP) is 3.84. The number of nitrogens with zero attached hydrogens (tertiary/aromatic N) is 2. The van der Waals surface area contributed by atoms with E-state index in [1.165, 1.54) is 12.1 Å². The molecular weight excluding hydrogens is 356 g/mol. The zero-order chi connectivity index (χ0) is 18.7. The maximum absolute atomic E-state index is 12.6. The first-order valence-electron chi connectivity index (χ1n) is 7.61. The number of imide groups is 1. The molecule has 26 heavy (non-hydrogen) atoms. The number of para-hydroxylation sites is 1. The number of carbonyl (C=O) groups is 2. The molecule has 132 valence electrons. The number of ether oxygens (including phenoxy) is 1. The molecule has 3 rings (SSSR count). The van der Waals surface area contributed by atoms with Gasteiger partial charge >= 0.3 is 0 Å². The lowest BCUT2D eigenvalue weighted by Gasteiger charge is -2.12. The highest BCUT2D eigenvalue weighted by molar-refractivity contribution is 8.18. The molecule has 0 spiro atoms. The van der Waals surface area contributed by atoms with E-state index in [0.29, 0.717) is 11.3 Å². The zero-order valence-corrected chi connectivity index (χ0v) is 14.6. The Morgan fingerprint density at radius 2 is 1.85 bits per heavy atom. The first-order valence-corrected chi connectivity index (χ1v) is 8.43. The summed E-state index contributed by atoms with van der Waals surface area (Å²) in [5.74, 6) is 0.223. The molecule has 1 fully saturated rings. The van der Waals surface area contributed by atoms with Gasteiger partial charge in [-0.1, -0.05) is 30.3 Å². The van der Waals surface area contributed by atoms with Crippen molar-refractivity contribution < 1.29 is 19.2 Å². The van der Waals surface area contributed by atoms with Crippen LogP contribution in [0.2, 0.25) is 0 Å². The fraction of sp³-hybridized carbons (Fsp3) is 0.111. The van der Waals surface area contributed by atoms with Crippen molar-refractivity contribution in [2.45, 2.75) is 6.54 Å². The minimum absolute atomic E-state index is 0.120. The second-order valence-corrected chi connectivity index (χ2v) is 6.42. The van der Waals surface area contributed by atoms with Crippen LogP contribution in [0.25, 0.3) is 6.08 Å². The fourth-order valence-corrected chi connectivity index (χ4v) is 3.32. The molecule has 1 aliphatic heterocycles. The Morgan fingerprint density at radius 1 is 1.15 bits per heavy atom. The van der Waals surface area contributed by atoms with Gasteiger partial charge in [-0.25, -0.2) is 0 Å². The largest absolute Gasteiger partial charge is 0.497 e. The molecule has 1 saturated heterocycles. The second-order valence-electron chi connectivity index (χ2n) is 5.43. The van der Waals surface area contributed by atoms with Crippen LogP contribution in [-0.2, 0) is 11.3 Å². The Kier molecular flexibility index (Phi) is 5.04. The Hall–Kier alpha value is -3.13. The van der Waals surface area contributed by atoms with E-state index in [1.54, 1.807) is 49.6 Å². The van der Waals surface area contributed by atoms with Gasteiger partial charge in [0, 0.05) is 11.6 Å². The minimum Gasteiger partial charge on any atom is -0.497 e. The van der Waals surface area contributed by atoms with Crippen LogP contribution in [0.5, 0.6) is 5.75 Å². The molecule has 0 atom stereocenters. The van der Waals surface area contributed by atoms with Crippen molar-refractivity contribution in [2.75, 3.05) is 7.11 Å². The third-order valence-electron chi connectivity index (χ3n) is 3.80. The highest BCUT2D eigenvalue weighted by Gasteiger charge is 2.36. The second kappa shape index (κ2) is 7.40. The van der Waals surface area contributed by atoms with Crippen LogP contribution in [0.15, 0.2) is 53.4 Å². The Morgan fingerprint density at radius 3 is 2.50 bits per heavy atom. The summed E-state index contributed by atoms with van der Waals surface area (Å²) in [6.07, 6.45) is 1.61. The van der Waals surface area contributed by atoms with Gasteiger partial charge in [0.1, 0.15) is 5.75 Å². The predicted molar refractivity (Wildman–Crippen MR) is 97.6 cm³/mol. The van der Waals surface area contributed by atoms with E-state index in [1.807, 2.05) is 0 Å². The van der Waals surface area contributed by atoms with Gasteiger partial charge in [-0.05, 0) is 35.5 Å². The van der Waals surface area contributed by atoms with E-state index in [4.69, 9.17) is 4.74 Å². The molecule has 1 heterocycles. The molecule has 2 aromatic carbocycles. The van der Waals surface area contributed by atoms with Crippen molar-refractivity contribution in [1.29, 1.82) is 0 Å². The summed E-state index contributed by atoms with van der Waals surface area (Å²) in [5.41, 5.74) is 0.943. The number of rotatable bonds is 5. The van der Waals surface area contributed by atoms with Gasteiger partial charge < -0.3 is 4.74 Å². The monoisotopic (exact) mass is 370 g/mol. The third-order valence-corrected chi connectivity index (χ3v) is 4.71. The van der Waals surface area contributed by atoms with Crippen LogP contribution < -0.4 is 4.74 Å². The van der Waals surface area contributed by atoms with E-state index >= 15 is 0 Å². The van der Waals surface area contributed by atoms with Crippen LogP contribution in [0.4, 0.5) is 10.5 Å². The molecule has 0 saturated carbocycles. The number of carbonyl (C=O) groups excluding carboxylic acids is 2. The molecule has 2 amide bonds. The van der Waals surface area contributed by atoms with Gasteiger partial charge in [-0.2, -0.15) is 0 Å². The minimum atomic E-state index is -0.526. The van der Waals surface area contributed by atoms with E-state index < -0.39 is 16.1 Å². The summed E-state index contributed by atoms with van der Waals surface area (Å²) in [7, 11) is 1.56. The zero-order valence-electron chi connectivity index (χ0n) is 13.7. The molecule has 0 radical (unpaired) electrons. The average molecular weight is 370 g/mol. The molecule has 0 bridgehead atoms. The van der Waals surface area contributed by atoms with Gasteiger partial charge in [-0.15, -0.1) is 0 Å². The Balaban J connectivity index is 1.83. The summed E-state index contributed by atoms with van der Waals surface area (Å²) in [6, 6.07) is 13.1. The van der Waals surface area contributed by atoms with Crippen LogP contribution in [0, 0.1) is 10.1 Å². The van der Waals surface area contributed by atoms with E-state index in [0.717, 1.165) is 22.2 Å². The number of hydrogen-bond acceptors (Lipinski definition) is 6. The number of nitro groups is 1. The smallest absolute Gasteiger partial charge is 0.293 e. The Labute approximate surface area is 153 Å². The molecule has 0 unspecified atom stereocenters. The van der Waals surface area contributed by atoms with Gasteiger partial charge in [0.05, 0.1) is 23.5 Å². The van der Waals surface area contributed by atoms with Gasteiger partial charge in [0.15, 0.2) is 0 Å². The maximum Gasteiger partial charge on any atom is 0.293 e. The number of thioether (sulfide) groups is 1. The lowest BCUT2D eigenvalue weighted by molar-refractivity contribution is -0.385. The SMILES string of the molecule is COc1ccc(/C=C2/SC(=O)N(Cc3ccccc3[N+](=O)[O-])C2=O)cc1. The summed E-state index contributed by atoms with van der Waals surface area (Å²) in [6.45, 7) is -0.137.